The number of allylic oxidation sites excluding steroid dienone is 3. The Labute approximate surface area is 226 Å². The molecule has 3 heterocycles. The number of rotatable bonds is 5. The molecular weight excluding hydrogens is 494 g/mol. The van der Waals surface area contributed by atoms with Gasteiger partial charge in [0.2, 0.25) is 6.79 Å². The van der Waals surface area contributed by atoms with Crippen molar-refractivity contribution in [3.05, 3.63) is 100 Å². The molecule has 3 aromatic rings. The number of benzene rings is 2. The molecule has 3 aliphatic rings. The number of ether oxygens (including phenoxy) is 3. The molecule has 8 nitrogen and oxygen atoms in total. The quantitative estimate of drug-likeness (QED) is 0.479. The summed E-state index contributed by atoms with van der Waals surface area (Å²) < 4.78 is 16.5. The minimum atomic E-state index is -0.565. The summed E-state index contributed by atoms with van der Waals surface area (Å²) in [6.07, 6.45) is 2.66. The normalized spacial score (nSPS) is 19.9. The van der Waals surface area contributed by atoms with Crippen LogP contribution in [0.25, 0.3) is 0 Å². The number of aromatic nitrogens is 1. The fourth-order valence-corrected chi connectivity index (χ4v) is 5.67. The molecular formula is C31H29N3O5. The lowest BCUT2D eigenvalue weighted by Crippen LogP contribution is -2.37. The van der Waals surface area contributed by atoms with Crippen LogP contribution in [0.4, 0.5) is 5.82 Å². The van der Waals surface area contributed by atoms with E-state index >= 15 is 0 Å². The molecule has 198 valence electrons. The molecule has 2 aliphatic heterocycles. The van der Waals surface area contributed by atoms with Crippen LogP contribution < -0.4 is 24.8 Å². The summed E-state index contributed by atoms with van der Waals surface area (Å²) in [5, 5.41) is 6.37. The van der Waals surface area contributed by atoms with Gasteiger partial charge < -0.3 is 24.8 Å². The highest BCUT2D eigenvalue weighted by Crippen LogP contribution is 2.47. The van der Waals surface area contributed by atoms with Gasteiger partial charge in [-0.2, -0.15) is 0 Å². The van der Waals surface area contributed by atoms with Crippen molar-refractivity contribution < 1.29 is 23.8 Å². The van der Waals surface area contributed by atoms with Crippen LogP contribution in [0, 0.1) is 6.92 Å². The average molecular weight is 524 g/mol. The lowest BCUT2D eigenvalue weighted by Gasteiger charge is -2.37. The number of carbonyl (C=O) groups is 2. The highest BCUT2D eigenvalue weighted by molar-refractivity contribution is 6.09. The van der Waals surface area contributed by atoms with E-state index in [1.54, 1.807) is 13.3 Å². The van der Waals surface area contributed by atoms with Gasteiger partial charge >= 0.3 is 0 Å². The first-order valence-electron chi connectivity index (χ1n) is 12.9. The van der Waals surface area contributed by atoms with Gasteiger partial charge in [0, 0.05) is 41.1 Å². The second-order valence-corrected chi connectivity index (χ2v) is 10.1. The van der Waals surface area contributed by atoms with Crippen LogP contribution in [-0.2, 0) is 9.59 Å². The van der Waals surface area contributed by atoms with Gasteiger partial charge in [-0.3, -0.25) is 9.59 Å². The molecule has 1 aromatic heterocycles. The van der Waals surface area contributed by atoms with E-state index in [1.807, 2.05) is 68.4 Å². The van der Waals surface area contributed by atoms with E-state index in [2.05, 4.69) is 15.6 Å². The second-order valence-electron chi connectivity index (χ2n) is 10.1. The smallest absolute Gasteiger partial charge is 0.255 e. The second kappa shape index (κ2) is 9.94. The molecule has 1 aliphatic carbocycles. The number of hydrogen-bond acceptors (Lipinski definition) is 7. The molecule has 0 radical (unpaired) electrons. The molecule has 0 fully saturated rings. The third-order valence-corrected chi connectivity index (χ3v) is 7.55. The molecule has 2 atom stereocenters. The van der Waals surface area contributed by atoms with Crippen LogP contribution in [0.3, 0.4) is 0 Å². The zero-order chi connectivity index (χ0) is 27.1. The van der Waals surface area contributed by atoms with E-state index in [-0.39, 0.29) is 24.4 Å². The number of anilines is 1. The highest BCUT2D eigenvalue weighted by atomic mass is 16.7. The lowest BCUT2D eigenvalue weighted by molar-refractivity contribution is -0.116. The van der Waals surface area contributed by atoms with Crippen molar-refractivity contribution in [1.29, 1.82) is 0 Å². The number of pyridine rings is 1. The zero-order valence-corrected chi connectivity index (χ0v) is 22.0. The van der Waals surface area contributed by atoms with Crippen LogP contribution in [0.1, 0.15) is 48.3 Å². The largest absolute Gasteiger partial charge is 0.497 e. The molecule has 8 heteroatoms. The third kappa shape index (κ3) is 4.63. The fraction of sp³-hybridized carbons (Fsp3) is 0.258. The van der Waals surface area contributed by atoms with Crippen LogP contribution in [-0.4, -0.2) is 30.6 Å². The van der Waals surface area contributed by atoms with E-state index in [9.17, 15) is 9.59 Å². The van der Waals surface area contributed by atoms with Gasteiger partial charge in [-0.15, -0.1) is 0 Å². The minimum absolute atomic E-state index is 0.0127. The predicted molar refractivity (Wildman–Crippen MR) is 146 cm³/mol. The number of nitrogens with zero attached hydrogens (tertiary/aromatic N) is 1. The standard InChI is InChI=1S/C31H29N3O5/c1-17-10-11-32-27(12-17)34-31(36)28-18(2)33-23-13-21(19-4-7-22(37-3)8-5-19)14-24(35)30(23)29(28)20-6-9-25-26(15-20)39-16-38-25/h4-12,15,21,29,33H,13-14,16H2,1-3H3,(H,32,34,36). The Bertz CT molecular complexity index is 1540. The van der Waals surface area contributed by atoms with Gasteiger partial charge in [0.25, 0.3) is 5.91 Å². The predicted octanol–water partition coefficient (Wildman–Crippen LogP) is 5.13. The van der Waals surface area contributed by atoms with Gasteiger partial charge in [-0.1, -0.05) is 18.2 Å². The molecule has 2 aromatic carbocycles. The number of fused-ring (bicyclic) bond motifs is 1. The van der Waals surface area contributed by atoms with Crippen molar-refractivity contribution in [3.8, 4) is 17.2 Å². The van der Waals surface area contributed by atoms with Gasteiger partial charge in [-0.05, 0) is 79.3 Å². The van der Waals surface area contributed by atoms with E-state index in [1.165, 1.54) is 0 Å². The Morgan fingerprint density at radius 3 is 2.54 bits per heavy atom. The van der Waals surface area contributed by atoms with Crippen molar-refractivity contribution in [2.45, 2.75) is 38.5 Å². The van der Waals surface area contributed by atoms with Crippen molar-refractivity contribution >= 4 is 17.5 Å². The molecule has 6 rings (SSSR count). The summed E-state index contributed by atoms with van der Waals surface area (Å²) in [6, 6.07) is 17.2. The Morgan fingerprint density at radius 2 is 1.77 bits per heavy atom. The summed E-state index contributed by atoms with van der Waals surface area (Å²) in [4.78, 5) is 32.0. The summed E-state index contributed by atoms with van der Waals surface area (Å²) >= 11 is 0. The Kier molecular flexibility index (Phi) is 6.30. The van der Waals surface area contributed by atoms with Crippen molar-refractivity contribution in [1.82, 2.24) is 10.3 Å². The maximum Gasteiger partial charge on any atom is 0.255 e. The van der Waals surface area contributed by atoms with Crippen LogP contribution in [0.5, 0.6) is 17.2 Å². The monoisotopic (exact) mass is 523 g/mol. The molecule has 0 spiro atoms. The van der Waals surface area contributed by atoms with Crippen LogP contribution in [0.15, 0.2) is 83.3 Å². The number of aryl methyl sites for hydroxylation is 1. The molecule has 0 saturated carbocycles. The van der Waals surface area contributed by atoms with Crippen molar-refractivity contribution in [3.63, 3.8) is 0 Å². The number of carbonyl (C=O) groups excluding carboxylic acids is 2. The number of ketones is 1. The number of methoxy groups -OCH3 is 1. The van der Waals surface area contributed by atoms with Gasteiger partial charge in [0.15, 0.2) is 17.3 Å². The number of dihydropyridines is 1. The molecule has 2 N–H and O–H groups in total. The zero-order valence-electron chi connectivity index (χ0n) is 22.0. The van der Waals surface area contributed by atoms with E-state index in [0.29, 0.717) is 47.0 Å². The Balaban J connectivity index is 1.40. The van der Waals surface area contributed by atoms with Gasteiger partial charge in [-0.25, -0.2) is 4.98 Å². The summed E-state index contributed by atoms with van der Waals surface area (Å²) in [5.41, 5.74) is 5.50. The molecule has 0 bridgehead atoms. The van der Waals surface area contributed by atoms with Crippen molar-refractivity contribution in [2.75, 3.05) is 19.2 Å². The maximum atomic E-state index is 13.9. The Morgan fingerprint density at radius 1 is 1.00 bits per heavy atom. The first-order valence-corrected chi connectivity index (χ1v) is 12.9. The van der Waals surface area contributed by atoms with Crippen LogP contribution in [0.2, 0.25) is 0 Å². The molecule has 0 saturated heterocycles. The molecule has 39 heavy (non-hydrogen) atoms. The first kappa shape index (κ1) is 24.7. The first-order chi connectivity index (χ1) is 18.9. The number of amides is 1. The SMILES string of the molecule is COc1ccc(C2CC(=O)C3=C(C2)NC(C)=C(C(=O)Nc2cc(C)ccn2)C3c2ccc3c(c2)OCO3)cc1. The van der Waals surface area contributed by atoms with E-state index in [0.717, 1.165) is 28.1 Å². The maximum absolute atomic E-state index is 13.9. The van der Waals surface area contributed by atoms with Crippen LogP contribution >= 0.6 is 0 Å². The highest BCUT2D eigenvalue weighted by Gasteiger charge is 2.41. The summed E-state index contributed by atoms with van der Waals surface area (Å²) in [5.74, 6) is 1.64. The number of nitrogens with one attached hydrogen (secondary N) is 2. The Hall–Kier alpha value is -4.59. The van der Waals surface area contributed by atoms with E-state index in [4.69, 9.17) is 14.2 Å². The number of hydrogen-bond donors (Lipinski definition) is 2. The third-order valence-electron chi connectivity index (χ3n) is 7.55. The molecule has 2 unspecified atom stereocenters. The summed E-state index contributed by atoms with van der Waals surface area (Å²) in [6.45, 7) is 3.96. The lowest BCUT2D eigenvalue weighted by atomic mass is 9.71. The number of Topliss-reactive ketones (excluding diaryl/α,β-unsaturated/α-hetero) is 1. The van der Waals surface area contributed by atoms with Gasteiger partial charge in [0.1, 0.15) is 11.6 Å². The fourth-order valence-electron chi connectivity index (χ4n) is 5.67. The molecule has 1 amide bonds. The van der Waals surface area contributed by atoms with Gasteiger partial charge in [0.05, 0.1) is 7.11 Å². The van der Waals surface area contributed by atoms with Crippen molar-refractivity contribution in [2.24, 2.45) is 0 Å². The average Bonchev–Trinajstić information content (AvgIpc) is 3.40. The topological polar surface area (TPSA) is 98.8 Å². The minimum Gasteiger partial charge on any atom is -0.497 e. The van der Waals surface area contributed by atoms with E-state index < -0.39 is 5.92 Å². The summed E-state index contributed by atoms with van der Waals surface area (Å²) in [7, 11) is 1.64.